The van der Waals surface area contributed by atoms with Crippen LogP contribution in [-0.2, 0) is 0 Å². The Hall–Kier alpha value is -1.66. The fourth-order valence-corrected chi connectivity index (χ4v) is 2.78. The van der Waals surface area contributed by atoms with E-state index in [1.54, 1.807) is 38.4 Å². The van der Waals surface area contributed by atoms with Gasteiger partial charge in [0.1, 0.15) is 6.26 Å². The summed E-state index contributed by atoms with van der Waals surface area (Å²) in [7, 11) is 5.19. The van der Waals surface area contributed by atoms with E-state index < -0.39 is 0 Å². The van der Waals surface area contributed by atoms with Crippen molar-refractivity contribution >= 4 is 11.8 Å². The number of thioether (sulfide) groups is 1. The molecule has 0 fully saturated rings. The van der Waals surface area contributed by atoms with Gasteiger partial charge in [-0.25, -0.2) is 4.98 Å². The summed E-state index contributed by atoms with van der Waals surface area (Å²) in [5.74, 6) is 2.27. The van der Waals surface area contributed by atoms with Crippen molar-refractivity contribution in [3.63, 3.8) is 0 Å². The van der Waals surface area contributed by atoms with E-state index in [9.17, 15) is 0 Å². The Morgan fingerprint density at radius 1 is 1.30 bits per heavy atom. The lowest BCUT2D eigenvalue weighted by Gasteiger charge is -2.17. The van der Waals surface area contributed by atoms with Crippen LogP contribution in [-0.4, -0.2) is 32.0 Å². The second kappa shape index (κ2) is 7.21. The van der Waals surface area contributed by atoms with Crippen molar-refractivity contribution in [1.82, 2.24) is 10.3 Å². The molecule has 5 nitrogen and oxygen atoms in total. The van der Waals surface area contributed by atoms with E-state index in [0.29, 0.717) is 5.22 Å². The van der Waals surface area contributed by atoms with Crippen LogP contribution >= 0.6 is 11.8 Å². The third-order valence-corrected chi connectivity index (χ3v) is 3.89. The Bertz CT molecular complexity index is 531. The topological polar surface area (TPSA) is 56.5 Å². The van der Waals surface area contributed by atoms with Crippen molar-refractivity contribution in [1.29, 1.82) is 0 Å². The quantitative estimate of drug-likeness (QED) is 0.792. The van der Waals surface area contributed by atoms with Gasteiger partial charge >= 0.3 is 0 Å². The van der Waals surface area contributed by atoms with Crippen LogP contribution in [0.15, 0.2) is 40.3 Å². The normalized spacial score (nSPS) is 12.2. The minimum absolute atomic E-state index is 0.173. The van der Waals surface area contributed by atoms with Crippen molar-refractivity contribution in [3.8, 4) is 11.5 Å². The van der Waals surface area contributed by atoms with Gasteiger partial charge in [-0.15, -0.1) is 0 Å². The Labute approximate surface area is 122 Å². The first-order chi connectivity index (χ1) is 9.78. The Kier molecular flexibility index (Phi) is 5.31. The molecule has 0 bridgehead atoms. The van der Waals surface area contributed by atoms with Gasteiger partial charge in [0.25, 0.3) is 5.22 Å². The summed E-state index contributed by atoms with van der Waals surface area (Å²) in [5, 5.41) is 3.95. The highest BCUT2D eigenvalue weighted by atomic mass is 32.2. The molecule has 0 aliphatic heterocycles. The molecule has 0 aliphatic carbocycles. The molecule has 0 aliphatic rings. The summed E-state index contributed by atoms with van der Waals surface area (Å²) < 4.78 is 15.8. The third kappa shape index (κ3) is 3.46. The molecule has 2 rings (SSSR count). The number of oxazole rings is 1. The number of hydrogen-bond donors (Lipinski definition) is 1. The molecule has 1 aromatic heterocycles. The summed E-state index contributed by atoms with van der Waals surface area (Å²) in [6.07, 6.45) is 3.22. The predicted molar refractivity (Wildman–Crippen MR) is 78.6 cm³/mol. The van der Waals surface area contributed by atoms with Gasteiger partial charge in [0.05, 0.1) is 20.4 Å². The number of rotatable bonds is 7. The number of nitrogens with zero attached hydrogens (tertiary/aromatic N) is 1. The second-order valence-corrected chi connectivity index (χ2v) is 5.04. The van der Waals surface area contributed by atoms with Crippen LogP contribution < -0.4 is 14.8 Å². The molecule has 1 heterocycles. The molecule has 6 heteroatoms. The number of methoxy groups -OCH3 is 2. The van der Waals surface area contributed by atoms with E-state index in [4.69, 9.17) is 13.9 Å². The number of aromatic nitrogens is 1. The summed E-state index contributed by atoms with van der Waals surface area (Å²) in [6, 6.07) is 6.09. The first kappa shape index (κ1) is 14.7. The van der Waals surface area contributed by atoms with E-state index in [1.165, 1.54) is 0 Å². The maximum Gasteiger partial charge on any atom is 0.255 e. The Morgan fingerprint density at radius 2 is 2.10 bits per heavy atom. The molecule has 1 aromatic carbocycles. The van der Waals surface area contributed by atoms with Crippen molar-refractivity contribution in [2.45, 2.75) is 11.3 Å². The van der Waals surface area contributed by atoms with Crippen molar-refractivity contribution in [3.05, 3.63) is 36.2 Å². The SMILES string of the molecule is CNC(CSc1ncco1)c1ccc(OC)c(OC)c1. The Morgan fingerprint density at radius 3 is 2.70 bits per heavy atom. The lowest BCUT2D eigenvalue weighted by Crippen LogP contribution is -2.18. The molecule has 1 atom stereocenters. The van der Waals surface area contributed by atoms with Gasteiger partial charge in [-0.1, -0.05) is 17.8 Å². The number of hydrogen-bond acceptors (Lipinski definition) is 6. The van der Waals surface area contributed by atoms with Crippen LogP contribution in [0, 0.1) is 0 Å². The zero-order valence-corrected chi connectivity index (χ0v) is 12.6. The average molecular weight is 294 g/mol. The molecular weight excluding hydrogens is 276 g/mol. The van der Waals surface area contributed by atoms with Crippen LogP contribution in [0.4, 0.5) is 0 Å². The summed E-state index contributed by atoms with van der Waals surface area (Å²) >= 11 is 1.57. The predicted octanol–water partition coefficient (Wildman–Crippen LogP) is 2.74. The number of nitrogens with one attached hydrogen (secondary N) is 1. The van der Waals surface area contributed by atoms with Crippen molar-refractivity contribution < 1.29 is 13.9 Å². The fraction of sp³-hybridized carbons (Fsp3) is 0.357. The lowest BCUT2D eigenvalue weighted by molar-refractivity contribution is 0.354. The molecule has 1 N–H and O–H groups in total. The number of benzene rings is 1. The molecule has 0 saturated carbocycles. The number of ether oxygens (including phenoxy) is 2. The lowest BCUT2D eigenvalue weighted by atomic mass is 10.1. The molecular formula is C14H18N2O3S. The van der Waals surface area contributed by atoms with Crippen LogP contribution in [0.2, 0.25) is 0 Å². The van der Waals surface area contributed by atoms with Crippen LogP contribution in [0.1, 0.15) is 11.6 Å². The summed E-state index contributed by atoms with van der Waals surface area (Å²) in [5.41, 5.74) is 1.13. The first-order valence-electron chi connectivity index (χ1n) is 6.20. The maximum absolute atomic E-state index is 5.33. The molecule has 2 aromatic rings. The van der Waals surface area contributed by atoms with Gasteiger partial charge in [0.15, 0.2) is 11.5 Å². The van der Waals surface area contributed by atoms with Gasteiger partial charge < -0.3 is 19.2 Å². The van der Waals surface area contributed by atoms with E-state index in [0.717, 1.165) is 22.8 Å². The fourth-order valence-electron chi connectivity index (χ4n) is 1.85. The summed E-state index contributed by atoms with van der Waals surface area (Å²) in [6.45, 7) is 0. The van der Waals surface area contributed by atoms with Gasteiger partial charge in [0, 0.05) is 11.8 Å². The van der Waals surface area contributed by atoms with Crippen molar-refractivity contribution in [2.75, 3.05) is 27.0 Å². The molecule has 108 valence electrons. The zero-order chi connectivity index (χ0) is 14.4. The summed E-state index contributed by atoms with van der Waals surface area (Å²) in [4.78, 5) is 4.10. The van der Waals surface area contributed by atoms with E-state index in [2.05, 4.69) is 10.3 Å². The molecule has 0 radical (unpaired) electrons. The monoisotopic (exact) mass is 294 g/mol. The average Bonchev–Trinajstić information content (AvgIpc) is 3.01. The van der Waals surface area contributed by atoms with E-state index in [1.807, 2.05) is 25.2 Å². The smallest absolute Gasteiger partial charge is 0.255 e. The van der Waals surface area contributed by atoms with Crippen LogP contribution in [0.3, 0.4) is 0 Å². The van der Waals surface area contributed by atoms with Gasteiger partial charge in [-0.3, -0.25) is 0 Å². The molecule has 0 saturated heterocycles. The van der Waals surface area contributed by atoms with Gasteiger partial charge in [-0.05, 0) is 24.7 Å². The largest absolute Gasteiger partial charge is 0.493 e. The maximum atomic E-state index is 5.33. The van der Waals surface area contributed by atoms with E-state index in [-0.39, 0.29) is 6.04 Å². The molecule has 20 heavy (non-hydrogen) atoms. The highest BCUT2D eigenvalue weighted by Gasteiger charge is 2.14. The first-order valence-corrected chi connectivity index (χ1v) is 7.18. The highest BCUT2D eigenvalue weighted by molar-refractivity contribution is 7.99. The molecule has 0 spiro atoms. The third-order valence-electron chi connectivity index (χ3n) is 2.94. The van der Waals surface area contributed by atoms with Crippen LogP contribution in [0.5, 0.6) is 11.5 Å². The highest BCUT2D eigenvalue weighted by Crippen LogP contribution is 2.31. The second-order valence-electron chi connectivity index (χ2n) is 4.06. The molecule has 1 unspecified atom stereocenters. The van der Waals surface area contributed by atoms with Gasteiger partial charge in [-0.2, -0.15) is 0 Å². The standard InChI is InChI=1S/C14H18N2O3S/c1-15-11(9-20-14-16-6-7-19-14)10-4-5-12(17-2)13(8-10)18-3/h4-8,11,15H,9H2,1-3H3. The van der Waals surface area contributed by atoms with Crippen LogP contribution in [0.25, 0.3) is 0 Å². The Balaban J connectivity index is 2.10. The van der Waals surface area contributed by atoms with Crippen molar-refractivity contribution in [2.24, 2.45) is 0 Å². The van der Waals surface area contributed by atoms with Gasteiger partial charge in [0.2, 0.25) is 0 Å². The van der Waals surface area contributed by atoms with E-state index >= 15 is 0 Å². The molecule has 0 amide bonds. The zero-order valence-electron chi connectivity index (χ0n) is 11.8. The minimum Gasteiger partial charge on any atom is -0.493 e. The minimum atomic E-state index is 0.173.